The van der Waals surface area contributed by atoms with Crippen LogP contribution in [-0.4, -0.2) is 34.9 Å². The molecule has 0 unspecified atom stereocenters. The number of thiocarbonyl (C=S) groups is 1. The van der Waals surface area contributed by atoms with Crippen LogP contribution in [0.25, 0.3) is 0 Å². The SMILES string of the molecule is CC1CCN(C(=O)c2cccc(NC(=S)NC(=O)c3ccccc3Br)c2)CC1. The first-order chi connectivity index (χ1) is 13.4. The normalized spacial score (nSPS) is 14.4. The van der Waals surface area contributed by atoms with Gasteiger partial charge < -0.3 is 10.2 Å². The summed E-state index contributed by atoms with van der Waals surface area (Å²) in [4.78, 5) is 27.0. The quantitative estimate of drug-likeness (QED) is 0.665. The number of carbonyl (C=O) groups excluding carboxylic acids is 2. The number of rotatable bonds is 3. The van der Waals surface area contributed by atoms with Crippen LogP contribution in [0.4, 0.5) is 5.69 Å². The van der Waals surface area contributed by atoms with Crippen LogP contribution in [-0.2, 0) is 0 Å². The van der Waals surface area contributed by atoms with Crippen molar-refractivity contribution in [2.24, 2.45) is 5.92 Å². The van der Waals surface area contributed by atoms with E-state index < -0.39 is 0 Å². The Morgan fingerprint density at radius 2 is 1.82 bits per heavy atom. The molecule has 0 radical (unpaired) electrons. The molecule has 0 aromatic heterocycles. The molecule has 146 valence electrons. The van der Waals surface area contributed by atoms with Crippen LogP contribution in [0, 0.1) is 5.92 Å². The molecule has 5 nitrogen and oxygen atoms in total. The van der Waals surface area contributed by atoms with E-state index in [0.717, 1.165) is 25.9 Å². The Kier molecular flexibility index (Phi) is 6.80. The molecule has 1 heterocycles. The summed E-state index contributed by atoms with van der Waals surface area (Å²) < 4.78 is 0.693. The Bertz CT molecular complexity index is 895. The number of halogens is 1. The number of amides is 2. The zero-order chi connectivity index (χ0) is 20.1. The largest absolute Gasteiger partial charge is 0.339 e. The van der Waals surface area contributed by atoms with E-state index in [-0.39, 0.29) is 16.9 Å². The van der Waals surface area contributed by atoms with Gasteiger partial charge in [0.2, 0.25) is 0 Å². The van der Waals surface area contributed by atoms with Gasteiger partial charge in [-0.15, -0.1) is 0 Å². The van der Waals surface area contributed by atoms with E-state index in [0.29, 0.717) is 27.2 Å². The highest BCUT2D eigenvalue weighted by molar-refractivity contribution is 9.10. The molecule has 0 saturated carbocycles. The second-order valence-electron chi connectivity index (χ2n) is 6.94. The summed E-state index contributed by atoms with van der Waals surface area (Å²) in [5, 5.41) is 5.82. The summed E-state index contributed by atoms with van der Waals surface area (Å²) in [5.41, 5.74) is 1.77. The molecular formula is C21H22BrN3O2S. The molecule has 0 atom stereocenters. The van der Waals surface area contributed by atoms with Gasteiger partial charge in [0.15, 0.2) is 5.11 Å². The van der Waals surface area contributed by atoms with Crippen LogP contribution in [0.3, 0.4) is 0 Å². The first kappa shape index (κ1) is 20.5. The molecule has 2 amide bonds. The fourth-order valence-electron chi connectivity index (χ4n) is 3.10. The summed E-state index contributed by atoms with van der Waals surface area (Å²) >= 11 is 8.60. The lowest BCUT2D eigenvalue weighted by Crippen LogP contribution is -2.38. The molecule has 1 saturated heterocycles. The third-order valence-corrected chi connectivity index (χ3v) is 5.68. The summed E-state index contributed by atoms with van der Waals surface area (Å²) in [6, 6.07) is 14.3. The van der Waals surface area contributed by atoms with E-state index >= 15 is 0 Å². The third kappa shape index (κ3) is 5.17. The van der Waals surface area contributed by atoms with Gasteiger partial charge in [-0.25, -0.2) is 0 Å². The average Bonchev–Trinajstić information content (AvgIpc) is 2.68. The highest BCUT2D eigenvalue weighted by atomic mass is 79.9. The van der Waals surface area contributed by atoms with Gasteiger partial charge in [0.05, 0.1) is 5.56 Å². The van der Waals surface area contributed by atoms with Gasteiger partial charge in [-0.2, -0.15) is 0 Å². The Hall–Kier alpha value is -2.25. The highest BCUT2D eigenvalue weighted by Crippen LogP contribution is 2.20. The Morgan fingerprint density at radius 1 is 1.11 bits per heavy atom. The molecule has 0 bridgehead atoms. The van der Waals surface area contributed by atoms with Crippen LogP contribution in [0.2, 0.25) is 0 Å². The van der Waals surface area contributed by atoms with Gasteiger partial charge in [-0.1, -0.05) is 25.1 Å². The predicted molar refractivity (Wildman–Crippen MR) is 119 cm³/mol. The van der Waals surface area contributed by atoms with Crippen molar-refractivity contribution in [1.29, 1.82) is 0 Å². The topological polar surface area (TPSA) is 61.4 Å². The van der Waals surface area contributed by atoms with Gasteiger partial charge in [-0.3, -0.25) is 14.9 Å². The van der Waals surface area contributed by atoms with Gasteiger partial charge >= 0.3 is 0 Å². The molecular weight excluding hydrogens is 438 g/mol. The molecule has 1 aliphatic heterocycles. The minimum Gasteiger partial charge on any atom is -0.339 e. The van der Waals surface area contributed by atoms with Gasteiger partial charge in [-0.05, 0) is 77.2 Å². The second kappa shape index (κ2) is 9.30. The van der Waals surface area contributed by atoms with E-state index in [2.05, 4.69) is 33.5 Å². The van der Waals surface area contributed by atoms with Crippen molar-refractivity contribution >= 4 is 50.8 Å². The number of hydrogen-bond donors (Lipinski definition) is 2. The average molecular weight is 460 g/mol. The smallest absolute Gasteiger partial charge is 0.258 e. The number of piperidine rings is 1. The number of anilines is 1. The van der Waals surface area contributed by atoms with Crippen LogP contribution >= 0.6 is 28.1 Å². The minimum absolute atomic E-state index is 0.0266. The lowest BCUT2D eigenvalue weighted by atomic mass is 9.98. The van der Waals surface area contributed by atoms with Crippen LogP contribution in [0.15, 0.2) is 53.0 Å². The van der Waals surface area contributed by atoms with Gasteiger partial charge in [0.1, 0.15) is 0 Å². The van der Waals surface area contributed by atoms with Gasteiger partial charge in [0, 0.05) is 28.8 Å². The third-order valence-electron chi connectivity index (χ3n) is 4.78. The summed E-state index contributed by atoms with van der Waals surface area (Å²) in [6.07, 6.45) is 2.07. The molecule has 0 spiro atoms. The van der Waals surface area contributed by atoms with E-state index in [1.165, 1.54) is 0 Å². The summed E-state index contributed by atoms with van der Waals surface area (Å²) in [6.45, 7) is 3.80. The number of hydrogen-bond acceptors (Lipinski definition) is 3. The van der Waals surface area contributed by atoms with Crippen molar-refractivity contribution < 1.29 is 9.59 Å². The second-order valence-corrected chi connectivity index (χ2v) is 8.21. The highest BCUT2D eigenvalue weighted by Gasteiger charge is 2.21. The summed E-state index contributed by atoms with van der Waals surface area (Å²) in [7, 11) is 0. The standard InChI is InChI=1S/C21H22BrN3O2S/c1-14-9-11-25(12-10-14)20(27)15-5-4-6-16(13-15)23-21(28)24-19(26)17-7-2-3-8-18(17)22/h2-8,13-14H,9-12H2,1H3,(H2,23,24,26,28). The van der Waals surface area contributed by atoms with Crippen molar-refractivity contribution in [3.63, 3.8) is 0 Å². The lowest BCUT2D eigenvalue weighted by Gasteiger charge is -2.30. The maximum atomic E-state index is 12.7. The Labute approximate surface area is 178 Å². The van der Waals surface area contributed by atoms with Crippen molar-refractivity contribution in [3.8, 4) is 0 Å². The first-order valence-corrected chi connectivity index (χ1v) is 10.4. The molecule has 0 aliphatic carbocycles. The summed E-state index contributed by atoms with van der Waals surface area (Å²) in [5.74, 6) is 0.390. The number of benzene rings is 2. The fraction of sp³-hybridized carbons (Fsp3) is 0.286. The van der Waals surface area contributed by atoms with E-state index in [4.69, 9.17) is 12.2 Å². The number of carbonyl (C=O) groups is 2. The van der Waals surface area contributed by atoms with Crippen molar-refractivity contribution in [2.75, 3.05) is 18.4 Å². The van der Waals surface area contributed by atoms with Crippen molar-refractivity contribution in [2.45, 2.75) is 19.8 Å². The predicted octanol–water partition coefficient (Wildman–Crippen LogP) is 4.45. The van der Waals surface area contributed by atoms with E-state index in [9.17, 15) is 9.59 Å². The molecule has 2 N–H and O–H groups in total. The van der Waals surface area contributed by atoms with Gasteiger partial charge in [0.25, 0.3) is 11.8 Å². The molecule has 1 aliphatic rings. The first-order valence-electron chi connectivity index (χ1n) is 9.20. The maximum absolute atomic E-state index is 12.7. The minimum atomic E-state index is -0.306. The maximum Gasteiger partial charge on any atom is 0.258 e. The van der Waals surface area contributed by atoms with Crippen LogP contribution in [0.5, 0.6) is 0 Å². The molecule has 3 rings (SSSR count). The molecule has 7 heteroatoms. The van der Waals surface area contributed by atoms with Crippen molar-refractivity contribution in [3.05, 3.63) is 64.1 Å². The number of nitrogens with zero attached hydrogens (tertiary/aromatic N) is 1. The molecule has 2 aromatic carbocycles. The zero-order valence-electron chi connectivity index (χ0n) is 15.6. The van der Waals surface area contributed by atoms with Crippen LogP contribution in [0.1, 0.15) is 40.5 Å². The Morgan fingerprint density at radius 3 is 2.54 bits per heavy atom. The monoisotopic (exact) mass is 459 g/mol. The van der Waals surface area contributed by atoms with Crippen molar-refractivity contribution in [1.82, 2.24) is 10.2 Å². The number of nitrogens with one attached hydrogen (secondary N) is 2. The molecule has 2 aromatic rings. The molecule has 28 heavy (non-hydrogen) atoms. The Balaban J connectivity index is 1.62. The number of likely N-dealkylation sites (tertiary alicyclic amines) is 1. The van der Waals surface area contributed by atoms with Crippen LogP contribution < -0.4 is 10.6 Å². The molecule has 1 fully saturated rings. The van der Waals surface area contributed by atoms with E-state index in [1.807, 2.05) is 17.0 Å². The van der Waals surface area contributed by atoms with E-state index in [1.54, 1.807) is 36.4 Å². The fourth-order valence-corrected chi connectivity index (χ4v) is 3.78. The zero-order valence-corrected chi connectivity index (χ0v) is 18.0. The lowest BCUT2D eigenvalue weighted by molar-refractivity contribution is 0.0697.